The number of benzene rings is 3. The molecule has 4 nitrogen and oxygen atoms in total. The summed E-state index contributed by atoms with van der Waals surface area (Å²) in [7, 11) is 3.16. The molecule has 1 amide bonds. The highest BCUT2D eigenvalue weighted by Crippen LogP contribution is 2.31. The first kappa shape index (κ1) is 22.0. The Morgan fingerprint density at radius 1 is 0.970 bits per heavy atom. The van der Waals surface area contributed by atoms with Crippen molar-refractivity contribution in [2.24, 2.45) is 0 Å². The molecule has 3 aromatic carbocycles. The lowest BCUT2D eigenvalue weighted by Gasteiger charge is -2.26. The van der Waals surface area contributed by atoms with Gasteiger partial charge in [-0.25, -0.2) is 8.78 Å². The molecule has 1 heterocycles. The number of amides is 1. The number of methoxy groups -OCH3 is 1. The summed E-state index contributed by atoms with van der Waals surface area (Å²) in [6.45, 7) is 0. The number of hydrogen-bond acceptors (Lipinski definition) is 3. The van der Waals surface area contributed by atoms with Crippen molar-refractivity contribution in [3.63, 3.8) is 0 Å². The highest BCUT2D eigenvalue weighted by Gasteiger charge is 2.32. The summed E-state index contributed by atoms with van der Waals surface area (Å²) < 4.78 is 31.9. The Bertz CT molecular complexity index is 1350. The van der Waals surface area contributed by atoms with Crippen LogP contribution in [-0.4, -0.2) is 25.8 Å². The second-order valence-electron chi connectivity index (χ2n) is 7.48. The summed E-state index contributed by atoms with van der Waals surface area (Å²) in [5.74, 6) is 3.84. The van der Waals surface area contributed by atoms with E-state index in [2.05, 4.69) is 11.8 Å². The van der Waals surface area contributed by atoms with Gasteiger partial charge in [0.05, 0.1) is 18.4 Å². The van der Waals surface area contributed by atoms with Crippen LogP contribution in [0.1, 0.15) is 27.0 Å². The van der Waals surface area contributed by atoms with Crippen LogP contribution in [0.4, 0.5) is 14.5 Å². The number of anilines is 1. The molecule has 0 aromatic heterocycles. The molecule has 6 heteroatoms. The number of ether oxygens (including phenoxy) is 1. The van der Waals surface area contributed by atoms with Crippen LogP contribution in [0.3, 0.4) is 0 Å². The number of hydrogen-bond donors (Lipinski definition) is 0. The Morgan fingerprint density at radius 2 is 1.73 bits per heavy atom. The number of ketones is 1. The minimum Gasteiger partial charge on any atom is -0.497 e. The Hall–Kier alpha value is -4.24. The Morgan fingerprint density at radius 3 is 2.42 bits per heavy atom. The third kappa shape index (κ3) is 4.53. The molecule has 1 aliphatic rings. The Labute approximate surface area is 190 Å². The molecule has 33 heavy (non-hydrogen) atoms. The molecule has 3 aromatic rings. The first-order chi connectivity index (χ1) is 15.9. The van der Waals surface area contributed by atoms with Crippen molar-refractivity contribution in [2.45, 2.75) is 6.42 Å². The number of rotatable bonds is 3. The zero-order valence-corrected chi connectivity index (χ0v) is 18.0. The standard InChI is InChI=1S/C27H19F2NO3/c1-30-25-13-9-18(5-3-4-17-6-10-20(33-2)11-7-17)14-21(25)26(31)22(27(30)32)15-19-8-12-23(28)24(29)16-19/h6-16H,4H2,1-2H3. The normalized spacial score (nSPS) is 14.1. The molecular weight excluding hydrogens is 424 g/mol. The molecular formula is C27H19F2NO3. The number of carbonyl (C=O) groups is 2. The third-order valence-corrected chi connectivity index (χ3v) is 5.32. The molecule has 0 spiro atoms. The van der Waals surface area contributed by atoms with Gasteiger partial charge in [-0.1, -0.05) is 30.0 Å². The lowest BCUT2D eigenvalue weighted by Crippen LogP contribution is -2.36. The van der Waals surface area contributed by atoms with Gasteiger partial charge in [0.15, 0.2) is 11.6 Å². The van der Waals surface area contributed by atoms with E-state index in [9.17, 15) is 18.4 Å². The van der Waals surface area contributed by atoms with Gasteiger partial charge in [-0.05, 0) is 59.7 Å². The fraction of sp³-hybridized carbons (Fsp3) is 0.111. The second-order valence-corrected chi connectivity index (χ2v) is 7.48. The van der Waals surface area contributed by atoms with Crippen LogP contribution in [0.15, 0.2) is 66.2 Å². The largest absolute Gasteiger partial charge is 0.497 e. The van der Waals surface area contributed by atoms with Gasteiger partial charge in [0.25, 0.3) is 5.91 Å². The summed E-state index contributed by atoms with van der Waals surface area (Å²) in [6.07, 6.45) is 1.79. The molecule has 0 aliphatic carbocycles. The van der Waals surface area contributed by atoms with E-state index in [1.54, 1.807) is 32.4 Å². The quantitative estimate of drug-likeness (QED) is 0.332. The average molecular weight is 443 g/mol. The maximum Gasteiger partial charge on any atom is 0.262 e. The molecule has 0 N–H and O–H groups in total. The predicted octanol–water partition coefficient (Wildman–Crippen LogP) is 4.81. The molecule has 0 atom stereocenters. The zero-order chi connectivity index (χ0) is 23.5. The van der Waals surface area contributed by atoms with E-state index < -0.39 is 23.3 Å². The minimum atomic E-state index is -1.05. The maximum absolute atomic E-state index is 13.6. The maximum atomic E-state index is 13.6. The van der Waals surface area contributed by atoms with Crippen molar-refractivity contribution < 1.29 is 23.1 Å². The number of Topliss-reactive ketones (excluding diaryl/α,β-unsaturated/α-hetero) is 1. The van der Waals surface area contributed by atoms with E-state index in [-0.39, 0.29) is 11.1 Å². The van der Waals surface area contributed by atoms with Crippen LogP contribution in [0.2, 0.25) is 0 Å². The first-order valence-corrected chi connectivity index (χ1v) is 10.1. The number of halogens is 2. The molecule has 0 fully saturated rings. The van der Waals surface area contributed by atoms with Crippen LogP contribution in [0.25, 0.3) is 6.08 Å². The Balaban J connectivity index is 1.62. The van der Waals surface area contributed by atoms with Gasteiger partial charge in [0.2, 0.25) is 5.78 Å². The van der Waals surface area contributed by atoms with Crippen molar-refractivity contribution in [2.75, 3.05) is 19.1 Å². The number of likely N-dealkylation sites (N-methyl/N-ethyl adjacent to an activating group) is 1. The van der Waals surface area contributed by atoms with Crippen LogP contribution >= 0.6 is 0 Å². The van der Waals surface area contributed by atoms with Gasteiger partial charge in [0, 0.05) is 24.6 Å². The third-order valence-electron chi connectivity index (χ3n) is 5.32. The fourth-order valence-electron chi connectivity index (χ4n) is 3.51. The van der Waals surface area contributed by atoms with Gasteiger partial charge in [0.1, 0.15) is 5.75 Å². The topological polar surface area (TPSA) is 46.6 Å². The summed E-state index contributed by atoms with van der Waals surface area (Å²) in [5.41, 5.74) is 2.54. The number of fused-ring (bicyclic) bond motifs is 1. The number of nitrogens with zero attached hydrogens (tertiary/aromatic N) is 1. The summed E-state index contributed by atoms with van der Waals surface area (Å²) in [4.78, 5) is 27.2. The zero-order valence-electron chi connectivity index (χ0n) is 18.0. The van der Waals surface area contributed by atoms with Crippen molar-refractivity contribution in [3.8, 4) is 17.6 Å². The first-order valence-electron chi connectivity index (χ1n) is 10.1. The summed E-state index contributed by atoms with van der Waals surface area (Å²) in [6, 6.07) is 15.9. The SMILES string of the molecule is COc1ccc(CC#Cc2ccc3c(c2)C(=O)C(=Cc2ccc(F)c(F)c2)C(=O)N3C)cc1. The molecule has 0 radical (unpaired) electrons. The molecule has 0 saturated heterocycles. The van der Waals surface area contributed by atoms with Gasteiger partial charge >= 0.3 is 0 Å². The number of carbonyl (C=O) groups excluding carboxylic acids is 2. The highest BCUT2D eigenvalue weighted by atomic mass is 19.2. The van der Waals surface area contributed by atoms with Gasteiger partial charge < -0.3 is 9.64 Å². The van der Waals surface area contributed by atoms with Crippen molar-refractivity contribution in [3.05, 3.63) is 100 Å². The molecule has 0 unspecified atom stereocenters. The average Bonchev–Trinajstić information content (AvgIpc) is 2.83. The molecule has 0 bridgehead atoms. The van der Waals surface area contributed by atoms with E-state index in [1.807, 2.05) is 24.3 Å². The highest BCUT2D eigenvalue weighted by molar-refractivity contribution is 6.36. The van der Waals surface area contributed by atoms with Crippen LogP contribution < -0.4 is 9.64 Å². The van der Waals surface area contributed by atoms with E-state index in [4.69, 9.17) is 4.74 Å². The lowest BCUT2D eigenvalue weighted by molar-refractivity contribution is -0.114. The van der Waals surface area contributed by atoms with Gasteiger partial charge in [-0.3, -0.25) is 9.59 Å². The van der Waals surface area contributed by atoms with Gasteiger partial charge in [-0.15, -0.1) is 0 Å². The van der Waals surface area contributed by atoms with Crippen LogP contribution in [0.5, 0.6) is 5.75 Å². The lowest BCUT2D eigenvalue weighted by atomic mass is 9.92. The predicted molar refractivity (Wildman–Crippen MR) is 122 cm³/mol. The summed E-state index contributed by atoms with van der Waals surface area (Å²) in [5, 5.41) is 0. The summed E-state index contributed by atoms with van der Waals surface area (Å²) >= 11 is 0. The smallest absolute Gasteiger partial charge is 0.262 e. The Kier molecular flexibility index (Phi) is 6.05. The van der Waals surface area contributed by atoms with Crippen molar-refractivity contribution in [1.29, 1.82) is 0 Å². The van der Waals surface area contributed by atoms with Crippen LogP contribution in [-0.2, 0) is 11.2 Å². The van der Waals surface area contributed by atoms with Crippen molar-refractivity contribution in [1.82, 2.24) is 0 Å². The molecule has 4 rings (SSSR count). The monoisotopic (exact) mass is 443 g/mol. The molecule has 164 valence electrons. The molecule has 1 aliphatic heterocycles. The van der Waals surface area contributed by atoms with E-state index in [0.717, 1.165) is 23.4 Å². The van der Waals surface area contributed by atoms with Crippen LogP contribution in [0, 0.1) is 23.5 Å². The minimum absolute atomic E-state index is 0.126. The van der Waals surface area contributed by atoms with E-state index >= 15 is 0 Å². The fourth-order valence-corrected chi connectivity index (χ4v) is 3.51. The molecule has 0 saturated carbocycles. The van der Waals surface area contributed by atoms with Gasteiger partial charge in [-0.2, -0.15) is 0 Å². The second kappa shape index (κ2) is 9.09. The van der Waals surface area contributed by atoms with Crippen molar-refractivity contribution >= 4 is 23.5 Å². The van der Waals surface area contributed by atoms with E-state index in [0.29, 0.717) is 23.2 Å². The van der Waals surface area contributed by atoms with E-state index in [1.165, 1.54) is 17.0 Å².